The van der Waals surface area contributed by atoms with Gasteiger partial charge in [0.2, 0.25) is 0 Å². The van der Waals surface area contributed by atoms with Gasteiger partial charge in [-0.2, -0.15) is 5.10 Å². The molecule has 2 rings (SSSR count). The van der Waals surface area contributed by atoms with Crippen molar-refractivity contribution < 1.29 is 5.21 Å². The van der Waals surface area contributed by atoms with Crippen molar-refractivity contribution in [1.82, 2.24) is 9.78 Å². The lowest BCUT2D eigenvalue weighted by Gasteiger charge is -2.19. The van der Waals surface area contributed by atoms with Crippen molar-refractivity contribution in [2.75, 3.05) is 0 Å². The molecule has 0 aliphatic rings. The number of nitrogens with two attached hydrogens (primary N) is 1. The highest BCUT2D eigenvalue weighted by atomic mass is 16.4. The fraction of sp³-hybridized carbons (Fsp3) is 0.333. The van der Waals surface area contributed by atoms with Crippen LogP contribution in [0.25, 0.3) is 0 Å². The molecule has 5 nitrogen and oxygen atoms in total. The van der Waals surface area contributed by atoms with Crippen LogP contribution in [0.15, 0.2) is 35.5 Å². The van der Waals surface area contributed by atoms with Crippen molar-refractivity contribution in [3.8, 4) is 0 Å². The minimum atomic E-state index is -0.0699. The summed E-state index contributed by atoms with van der Waals surface area (Å²) in [5.41, 5.74) is 10.1. The molecule has 2 aromatic rings. The molecule has 20 heavy (non-hydrogen) atoms. The molecule has 3 N–H and O–H groups in total. The SMILES string of the molecule is Cc1nn(C(CC(N)=NO)c2ccccc2)c(C)c1C. The van der Waals surface area contributed by atoms with Gasteiger partial charge in [-0.05, 0) is 31.9 Å². The smallest absolute Gasteiger partial charge is 0.141 e. The third-order valence-electron chi connectivity index (χ3n) is 3.70. The van der Waals surface area contributed by atoms with Crippen LogP contribution in [0.3, 0.4) is 0 Å². The Labute approximate surface area is 118 Å². The van der Waals surface area contributed by atoms with E-state index in [1.54, 1.807) is 0 Å². The summed E-state index contributed by atoms with van der Waals surface area (Å²) in [6, 6.07) is 9.92. The van der Waals surface area contributed by atoms with Gasteiger partial charge in [0.1, 0.15) is 5.84 Å². The molecule has 0 aliphatic heterocycles. The second kappa shape index (κ2) is 5.77. The Morgan fingerprint density at radius 1 is 1.30 bits per heavy atom. The molecule has 0 amide bonds. The Hall–Kier alpha value is -2.30. The molecule has 5 heteroatoms. The largest absolute Gasteiger partial charge is 0.409 e. The summed E-state index contributed by atoms with van der Waals surface area (Å²) in [6.07, 6.45) is 0.419. The third kappa shape index (κ3) is 2.66. The van der Waals surface area contributed by atoms with Gasteiger partial charge in [-0.15, -0.1) is 0 Å². The zero-order chi connectivity index (χ0) is 14.7. The summed E-state index contributed by atoms with van der Waals surface area (Å²) in [5.74, 6) is 0.198. The van der Waals surface area contributed by atoms with Crippen LogP contribution in [0.4, 0.5) is 0 Å². The first-order valence-electron chi connectivity index (χ1n) is 6.58. The normalized spacial score (nSPS) is 13.4. The summed E-state index contributed by atoms with van der Waals surface area (Å²) in [5, 5.41) is 16.5. The predicted molar refractivity (Wildman–Crippen MR) is 79.0 cm³/mol. The van der Waals surface area contributed by atoms with Crippen molar-refractivity contribution in [3.05, 3.63) is 52.8 Å². The van der Waals surface area contributed by atoms with Crippen molar-refractivity contribution in [1.29, 1.82) is 0 Å². The third-order valence-corrected chi connectivity index (χ3v) is 3.70. The van der Waals surface area contributed by atoms with Crippen molar-refractivity contribution in [3.63, 3.8) is 0 Å². The maximum absolute atomic E-state index is 8.84. The molecule has 106 valence electrons. The average molecular weight is 272 g/mol. The number of hydrogen-bond acceptors (Lipinski definition) is 3. The first kappa shape index (κ1) is 14.1. The van der Waals surface area contributed by atoms with Gasteiger partial charge in [0, 0.05) is 12.1 Å². The first-order chi connectivity index (χ1) is 9.54. The van der Waals surface area contributed by atoms with Gasteiger partial charge < -0.3 is 10.9 Å². The Kier molecular flexibility index (Phi) is 4.08. The average Bonchev–Trinajstić information content (AvgIpc) is 2.73. The maximum atomic E-state index is 8.84. The Bertz CT molecular complexity index is 616. The van der Waals surface area contributed by atoms with Crippen LogP contribution in [0.2, 0.25) is 0 Å². The molecular formula is C15H20N4O. The molecule has 1 heterocycles. The van der Waals surface area contributed by atoms with Gasteiger partial charge in [0.15, 0.2) is 0 Å². The van der Waals surface area contributed by atoms with E-state index in [-0.39, 0.29) is 11.9 Å². The van der Waals surface area contributed by atoms with Gasteiger partial charge in [-0.25, -0.2) is 0 Å². The number of nitrogens with zero attached hydrogens (tertiary/aromatic N) is 3. The zero-order valence-electron chi connectivity index (χ0n) is 12.0. The standard InChI is InChI=1S/C15H20N4O/c1-10-11(2)17-19(12(10)3)14(9-15(16)18-20)13-7-5-4-6-8-13/h4-8,14,20H,9H2,1-3H3,(H2,16,18). The van der Waals surface area contributed by atoms with Crippen LogP contribution >= 0.6 is 0 Å². The minimum Gasteiger partial charge on any atom is -0.409 e. The molecule has 1 aromatic carbocycles. The van der Waals surface area contributed by atoms with E-state index in [1.807, 2.05) is 48.9 Å². The van der Waals surface area contributed by atoms with Crippen LogP contribution in [0, 0.1) is 20.8 Å². The quantitative estimate of drug-likeness (QED) is 0.388. The fourth-order valence-electron chi connectivity index (χ4n) is 2.31. The van der Waals surface area contributed by atoms with E-state index in [0.717, 1.165) is 17.0 Å². The van der Waals surface area contributed by atoms with Crippen molar-refractivity contribution >= 4 is 5.84 Å². The second-order valence-corrected chi connectivity index (χ2v) is 4.96. The molecule has 0 radical (unpaired) electrons. The number of aromatic nitrogens is 2. The van der Waals surface area contributed by atoms with Crippen LogP contribution in [0.5, 0.6) is 0 Å². The molecule has 0 saturated heterocycles. The van der Waals surface area contributed by atoms with Crippen molar-refractivity contribution in [2.45, 2.75) is 33.2 Å². The number of benzene rings is 1. The van der Waals surface area contributed by atoms with E-state index in [0.29, 0.717) is 6.42 Å². The molecule has 1 unspecified atom stereocenters. The van der Waals surface area contributed by atoms with E-state index in [4.69, 9.17) is 10.9 Å². The second-order valence-electron chi connectivity index (χ2n) is 4.96. The van der Waals surface area contributed by atoms with Crippen LogP contribution in [-0.2, 0) is 0 Å². The zero-order valence-corrected chi connectivity index (χ0v) is 12.0. The van der Waals surface area contributed by atoms with Crippen molar-refractivity contribution in [2.24, 2.45) is 10.9 Å². The highest BCUT2D eigenvalue weighted by Gasteiger charge is 2.20. The number of aryl methyl sites for hydroxylation is 1. The van der Waals surface area contributed by atoms with E-state index in [1.165, 1.54) is 5.56 Å². The van der Waals surface area contributed by atoms with Gasteiger partial charge in [0.05, 0.1) is 11.7 Å². The van der Waals surface area contributed by atoms with E-state index in [9.17, 15) is 0 Å². The first-order valence-corrected chi connectivity index (χ1v) is 6.58. The Morgan fingerprint density at radius 2 is 1.95 bits per heavy atom. The lowest BCUT2D eigenvalue weighted by molar-refractivity contribution is 0.315. The molecule has 0 saturated carbocycles. The predicted octanol–water partition coefficient (Wildman–Crippen LogP) is 2.53. The molecule has 0 aliphatic carbocycles. The van der Waals surface area contributed by atoms with E-state index in [2.05, 4.69) is 17.2 Å². The van der Waals surface area contributed by atoms with E-state index >= 15 is 0 Å². The van der Waals surface area contributed by atoms with Gasteiger partial charge in [-0.1, -0.05) is 35.5 Å². The fourth-order valence-corrected chi connectivity index (χ4v) is 2.31. The minimum absolute atomic E-state index is 0.0699. The molecule has 1 atom stereocenters. The van der Waals surface area contributed by atoms with Crippen LogP contribution < -0.4 is 5.73 Å². The summed E-state index contributed by atoms with van der Waals surface area (Å²) in [7, 11) is 0. The summed E-state index contributed by atoms with van der Waals surface area (Å²) in [4.78, 5) is 0. The highest BCUT2D eigenvalue weighted by molar-refractivity contribution is 5.80. The number of oxime groups is 1. The monoisotopic (exact) mass is 272 g/mol. The van der Waals surface area contributed by atoms with Gasteiger partial charge in [0.25, 0.3) is 0 Å². The molecular weight excluding hydrogens is 252 g/mol. The lowest BCUT2D eigenvalue weighted by Crippen LogP contribution is -2.22. The Morgan fingerprint density at radius 3 is 2.45 bits per heavy atom. The summed E-state index contributed by atoms with van der Waals surface area (Å²) < 4.78 is 1.96. The number of hydrogen-bond donors (Lipinski definition) is 2. The summed E-state index contributed by atoms with van der Waals surface area (Å²) in [6.45, 7) is 6.08. The molecule has 0 fully saturated rings. The van der Waals surface area contributed by atoms with Crippen LogP contribution in [0.1, 0.15) is 35.0 Å². The molecule has 0 bridgehead atoms. The van der Waals surface area contributed by atoms with Gasteiger partial charge in [-0.3, -0.25) is 4.68 Å². The van der Waals surface area contributed by atoms with E-state index < -0.39 is 0 Å². The molecule has 1 aromatic heterocycles. The molecule has 0 spiro atoms. The lowest BCUT2D eigenvalue weighted by atomic mass is 10.0. The topological polar surface area (TPSA) is 76.4 Å². The highest BCUT2D eigenvalue weighted by Crippen LogP contribution is 2.25. The number of amidine groups is 1. The van der Waals surface area contributed by atoms with Crippen LogP contribution in [-0.4, -0.2) is 20.8 Å². The number of rotatable bonds is 4. The van der Waals surface area contributed by atoms with Gasteiger partial charge >= 0.3 is 0 Å². The Balaban J connectivity index is 2.49. The summed E-state index contributed by atoms with van der Waals surface area (Å²) >= 11 is 0. The maximum Gasteiger partial charge on any atom is 0.141 e.